The number of rotatable bonds is 3. The van der Waals surface area contributed by atoms with E-state index in [4.69, 9.17) is 5.73 Å². The first-order valence-corrected chi connectivity index (χ1v) is 9.76. The molecule has 2 saturated carbocycles. The molecule has 3 aliphatic rings. The van der Waals surface area contributed by atoms with Crippen LogP contribution in [-0.4, -0.2) is 18.1 Å². The third-order valence-electron chi connectivity index (χ3n) is 6.71. The molecule has 4 rings (SSSR count). The molecule has 3 heteroatoms. The van der Waals surface area contributed by atoms with Gasteiger partial charge in [-0.1, -0.05) is 37.6 Å². The largest absolute Gasteiger partial charge is 0.326 e. The molecule has 0 radical (unpaired) electrons. The van der Waals surface area contributed by atoms with Crippen LogP contribution in [0.5, 0.6) is 0 Å². The van der Waals surface area contributed by atoms with E-state index in [0.29, 0.717) is 18.0 Å². The highest BCUT2D eigenvalue weighted by Gasteiger charge is 2.47. The Bertz CT molecular complexity index is 712. The molecule has 134 valence electrons. The van der Waals surface area contributed by atoms with Gasteiger partial charge < -0.3 is 5.73 Å². The summed E-state index contributed by atoms with van der Waals surface area (Å²) in [5.74, 6) is 0. The van der Waals surface area contributed by atoms with Crippen LogP contribution in [0.1, 0.15) is 57.4 Å². The van der Waals surface area contributed by atoms with E-state index < -0.39 is 0 Å². The van der Waals surface area contributed by atoms with Crippen LogP contribution < -0.4 is 10.7 Å². The third-order valence-corrected chi connectivity index (χ3v) is 6.71. The molecule has 25 heavy (non-hydrogen) atoms. The maximum absolute atomic E-state index is 6.04. The van der Waals surface area contributed by atoms with Gasteiger partial charge in [0.15, 0.2) is 0 Å². The van der Waals surface area contributed by atoms with Crippen molar-refractivity contribution in [2.75, 3.05) is 12.1 Å². The summed E-state index contributed by atoms with van der Waals surface area (Å²) in [6.45, 7) is 7.07. The smallest absolute Gasteiger partial charge is 0.0625 e. The minimum Gasteiger partial charge on any atom is -0.326 e. The summed E-state index contributed by atoms with van der Waals surface area (Å²) in [4.78, 5) is 0. The Kier molecular flexibility index (Phi) is 4.25. The number of para-hydroxylation sites is 1. The van der Waals surface area contributed by atoms with Gasteiger partial charge >= 0.3 is 0 Å². The molecule has 1 aliphatic heterocycles. The zero-order valence-corrected chi connectivity index (χ0v) is 15.7. The Hall–Kier alpha value is -1.58. The Labute approximate surface area is 152 Å². The Morgan fingerprint density at radius 1 is 1.24 bits per heavy atom. The van der Waals surface area contributed by atoms with Crippen LogP contribution >= 0.6 is 0 Å². The maximum Gasteiger partial charge on any atom is 0.0625 e. The number of anilines is 1. The van der Waals surface area contributed by atoms with Gasteiger partial charge in [-0.3, -0.25) is 5.01 Å². The Morgan fingerprint density at radius 3 is 2.64 bits per heavy atom. The van der Waals surface area contributed by atoms with Crippen molar-refractivity contribution in [2.45, 2.75) is 64.5 Å². The van der Waals surface area contributed by atoms with Gasteiger partial charge in [0.05, 0.1) is 17.4 Å². The molecule has 2 aliphatic carbocycles. The van der Waals surface area contributed by atoms with Crippen LogP contribution in [0.2, 0.25) is 0 Å². The van der Waals surface area contributed by atoms with E-state index in [1.807, 2.05) is 0 Å². The number of hydrogen-bond acceptors (Lipinski definition) is 3. The van der Waals surface area contributed by atoms with Crippen LogP contribution in [0.4, 0.5) is 5.69 Å². The quantitative estimate of drug-likeness (QED) is 0.863. The van der Waals surface area contributed by atoms with E-state index in [0.717, 1.165) is 0 Å². The SMILES string of the molecule is C=C(C)C1=C2CC3(CCCC3)CCC2N(C)N1c1ccccc1CN. The Morgan fingerprint density at radius 2 is 1.96 bits per heavy atom. The number of allylic oxidation sites excluding steroid dienone is 1. The summed E-state index contributed by atoms with van der Waals surface area (Å²) < 4.78 is 0. The second-order valence-electron chi connectivity index (χ2n) is 8.31. The van der Waals surface area contributed by atoms with Crippen molar-refractivity contribution in [2.24, 2.45) is 11.1 Å². The van der Waals surface area contributed by atoms with Gasteiger partial charge in [0.2, 0.25) is 0 Å². The van der Waals surface area contributed by atoms with Gasteiger partial charge in [-0.15, -0.1) is 0 Å². The van der Waals surface area contributed by atoms with Gasteiger partial charge in [-0.25, -0.2) is 5.01 Å². The van der Waals surface area contributed by atoms with Gasteiger partial charge in [-0.2, -0.15) is 0 Å². The lowest BCUT2D eigenvalue weighted by atomic mass is 9.69. The number of nitrogens with two attached hydrogens (primary N) is 1. The minimum atomic E-state index is 0.517. The first-order valence-electron chi connectivity index (χ1n) is 9.76. The summed E-state index contributed by atoms with van der Waals surface area (Å²) in [6.07, 6.45) is 9.55. The number of benzene rings is 1. The van der Waals surface area contributed by atoms with Crippen LogP contribution in [-0.2, 0) is 6.54 Å². The van der Waals surface area contributed by atoms with E-state index in [-0.39, 0.29) is 0 Å². The van der Waals surface area contributed by atoms with Crippen molar-refractivity contribution in [3.05, 3.63) is 53.3 Å². The molecular formula is C22H31N3. The predicted molar refractivity (Wildman–Crippen MR) is 105 cm³/mol. The van der Waals surface area contributed by atoms with Crippen molar-refractivity contribution < 1.29 is 0 Å². The highest BCUT2D eigenvalue weighted by Crippen LogP contribution is 2.55. The second-order valence-corrected chi connectivity index (χ2v) is 8.31. The predicted octanol–water partition coefficient (Wildman–Crippen LogP) is 4.76. The third kappa shape index (κ3) is 2.65. The fourth-order valence-electron chi connectivity index (χ4n) is 5.50. The van der Waals surface area contributed by atoms with E-state index in [1.54, 1.807) is 5.57 Å². The molecule has 0 bridgehead atoms. The van der Waals surface area contributed by atoms with Crippen molar-refractivity contribution in [3.8, 4) is 0 Å². The van der Waals surface area contributed by atoms with Crippen molar-refractivity contribution >= 4 is 5.69 Å². The van der Waals surface area contributed by atoms with Crippen LogP contribution in [0.25, 0.3) is 0 Å². The maximum atomic E-state index is 6.04. The molecule has 0 aromatic heterocycles. The lowest BCUT2D eigenvalue weighted by molar-refractivity contribution is 0.171. The summed E-state index contributed by atoms with van der Waals surface area (Å²) in [6, 6.07) is 9.05. The van der Waals surface area contributed by atoms with Crippen LogP contribution in [0.15, 0.2) is 47.7 Å². The molecule has 1 heterocycles. The molecule has 2 fully saturated rings. The highest BCUT2D eigenvalue weighted by molar-refractivity contribution is 5.64. The fraction of sp³-hybridized carbons (Fsp3) is 0.545. The fourth-order valence-corrected chi connectivity index (χ4v) is 5.50. The van der Waals surface area contributed by atoms with Crippen LogP contribution in [0, 0.1) is 5.41 Å². The average molecular weight is 338 g/mol. The van der Waals surface area contributed by atoms with E-state index >= 15 is 0 Å². The van der Waals surface area contributed by atoms with Crippen LogP contribution in [0.3, 0.4) is 0 Å². The van der Waals surface area contributed by atoms with Crippen molar-refractivity contribution in [3.63, 3.8) is 0 Å². The summed E-state index contributed by atoms with van der Waals surface area (Å²) >= 11 is 0. The van der Waals surface area contributed by atoms with Gasteiger partial charge in [0.25, 0.3) is 0 Å². The monoisotopic (exact) mass is 337 g/mol. The molecule has 0 saturated heterocycles. The van der Waals surface area contributed by atoms with Gasteiger partial charge in [0, 0.05) is 13.6 Å². The Balaban J connectivity index is 1.80. The first-order chi connectivity index (χ1) is 12.1. The number of likely N-dealkylation sites (N-methyl/N-ethyl adjacent to an activating group) is 1. The molecule has 1 unspecified atom stereocenters. The molecule has 2 N–H and O–H groups in total. The zero-order chi connectivity index (χ0) is 17.6. The van der Waals surface area contributed by atoms with Gasteiger partial charge in [0.1, 0.15) is 0 Å². The van der Waals surface area contributed by atoms with E-state index in [9.17, 15) is 0 Å². The first kappa shape index (κ1) is 16.9. The number of fused-ring (bicyclic) bond motifs is 1. The molecule has 0 amide bonds. The molecule has 1 aromatic rings. The topological polar surface area (TPSA) is 32.5 Å². The standard InChI is InChI=1S/C22H31N3/c1-16(2)21-18-14-22(11-6-7-12-22)13-10-20(18)24(3)25(21)19-9-5-4-8-17(19)15-23/h4-5,8-9,20H,1,6-7,10-15,23H2,2-3H3. The minimum absolute atomic E-state index is 0.517. The molecule has 1 atom stereocenters. The zero-order valence-electron chi connectivity index (χ0n) is 15.7. The lowest BCUT2D eigenvalue weighted by Crippen LogP contribution is -2.42. The van der Waals surface area contributed by atoms with Crippen molar-refractivity contribution in [1.29, 1.82) is 0 Å². The van der Waals surface area contributed by atoms with Crippen molar-refractivity contribution in [1.82, 2.24) is 5.01 Å². The lowest BCUT2D eigenvalue weighted by Gasteiger charge is -2.40. The van der Waals surface area contributed by atoms with E-state index in [1.165, 1.54) is 67.5 Å². The number of hydrazine groups is 1. The number of nitrogens with zero attached hydrogens (tertiary/aromatic N) is 2. The summed E-state index contributed by atoms with van der Waals surface area (Å²) in [5.41, 5.74) is 13.2. The normalized spacial score (nSPS) is 25.7. The molecular weight excluding hydrogens is 306 g/mol. The molecule has 1 spiro atoms. The van der Waals surface area contributed by atoms with Gasteiger partial charge in [-0.05, 0) is 67.2 Å². The molecule has 1 aromatic carbocycles. The molecule has 3 nitrogen and oxygen atoms in total. The average Bonchev–Trinajstić information content (AvgIpc) is 3.17. The van der Waals surface area contributed by atoms with E-state index in [2.05, 4.69) is 54.8 Å². The summed E-state index contributed by atoms with van der Waals surface area (Å²) in [7, 11) is 2.24. The number of hydrogen-bond donors (Lipinski definition) is 1. The second kappa shape index (κ2) is 6.30. The highest BCUT2D eigenvalue weighted by atomic mass is 15.6. The summed E-state index contributed by atoms with van der Waals surface area (Å²) in [5, 5.41) is 4.84.